The Hall–Kier alpha value is -1.42. The van der Waals surface area contributed by atoms with Gasteiger partial charge in [0.05, 0.1) is 7.11 Å². The van der Waals surface area contributed by atoms with Crippen molar-refractivity contribution in [3.8, 4) is 5.75 Å². The van der Waals surface area contributed by atoms with Crippen LogP contribution in [0.25, 0.3) is 6.08 Å². The summed E-state index contributed by atoms with van der Waals surface area (Å²) in [5.41, 5.74) is 1.99. The van der Waals surface area contributed by atoms with Gasteiger partial charge in [-0.05, 0) is 35.9 Å². The lowest BCUT2D eigenvalue weighted by molar-refractivity contribution is -0.131. The molecule has 0 atom stereocenters. The minimum absolute atomic E-state index is 0.694. The number of carbonyl (C=O) groups is 1. The van der Waals surface area contributed by atoms with Gasteiger partial charge in [0.15, 0.2) is 0 Å². The largest absolute Gasteiger partial charge is 0.496 e. The zero-order valence-corrected chi connectivity index (χ0v) is 12.2. The molecule has 0 bridgehead atoms. The minimum atomic E-state index is -0.954. The summed E-state index contributed by atoms with van der Waals surface area (Å²) in [6.45, 7) is 2.18. The fraction of sp³-hybridized carbons (Fsp3) is 0.400. The van der Waals surface area contributed by atoms with E-state index in [4.69, 9.17) is 9.84 Å². The van der Waals surface area contributed by atoms with Crippen LogP contribution in [0.3, 0.4) is 0 Å². The van der Waals surface area contributed by atoms with E-state index in [0.717, 1.165) is 23.1 Å². The summed E-state index contributed by atoms with van der Waals surface area (Å²) in [6.07, 6.45) is 5.14. The molecule has 0 aliphatic carbocycles. The van der Waals surface area contributed by atoms with Gasteiger partial charge in [-0.2, -0.15) is 11.8 Å². The van der Waals surface area contributed by atoms with Crippen molar-refractivity contribution in [2.24, 2.45) is 0 Å². The lowest BCUT2D eigenvalue weighted by Crippen LogP contribution is -1.92. The molecule has 0 aliphatic heterocycles. The van der Waals surface area contributed by atoms with Gasteiger partial charge in [0.2, 0.25) is 0 Å². The standard InChI is InChI=1S/C15H20O3S/c1-3-4-9-19-11-12-5-7-14(18-2)13(10-12)6-8-15(16)17/h5-8,10H,3-4,9,11H2,1-2H3,(H,16,17)/b8-6+. The van der Waals surface area contributed by atoms with Crippen LogP contribution in [0, 0.1) is 0 Å². The molecular weight excluding hydrogens is 260 g/mol. The number of carboxylic acid groups (broad SMARTS) is 1. The van der Waals surface area contributed by atoms with E-state index in [1.54, 1.807) is 13.2 Å². The van der Waals surface area contributed by atoms with Crippen LogP contribution in [0.4, 0.5) is 0 Å². The maximum Gasteiger partial charge on any atom is 0.328 e. The van der Waals surface area contributed by atoms with E-state index in [1.165, 1.54) is 18.4 Å². The van der Waals surface area contributed by atoms with E-state index in [2.05, 4.69) is 6.92 Å². The Labute approximate surface area is 118 Å². The Bertz CT molecular complexity index is 441. The maximum atomic E-state index is 10.6. The summed E-state index contributed by atoms with van der Waals surface area (Å²) in [5.74, 6) is 1.84. The lowest BCUT2D eigenvalue weighted by atomic mass is 10.1. The SMILES string of the molecule is CCCCSCc1ccc(OC)c(/C=C/C(=O)O)c1. The van der Waals surface area contributed by atoms with Crippen LogP contribution in [0.15, 0.2) is 24.3 Å². The molecule has 4 heteroatoms. The van der Waals surface area contributed by atoms with Gasteiger partial charge in [-0.3, -0.25) is 0 Å². The number of rotatable bonds is 8. The van der Waals surface area contributed by atoms with Crippen molar-refractivity contribution >= 4 is 23.8 Å². The highest BCUT2D eigenvalue weighted by Crippen LogP contribution is 2.24. The number of benzene rings is 1. The highest BCUT2D eigenvalue weighted by atomic mass is 32.2. The molecule has 0 saturated carbocycles. The van der Waals surface area contributed by atoms with Crippen LogP contribution in [0.2, 0.25) is 0 Å². The van der Waals surface area contributed by atoms with Gasteiger partial charge < -0.3 is 9.84 Å². The second kappa shape index (κ2) is 8.64. The summed E-state index contributed by atoms with van der Waals surface area (Å²) < 4.78 is 5.22. The van der Waals surface area contributed by atoms with Crippen molar-refractivity contribution in [3.63, 3.8) is 0 Å². The molecule has 19 heavy (non-hydrogen) atoms. The van der Waals surface area contributed by atoms with Crippen LogP contribution in [0.1, 0.15) is 30.9 Å². The van der Waals surface area contributed by atoms with Crippen LogP contribution in [0.5, 0.6) is 5.75 Å². The third kappa shape index (κ3) is 5.83. The predicted molar refractivity (Wildman–Crippen MR) is 80.7 cm³/mol. The maximum absolute atomic E-state index is 10.6. The van der Waals surface area contributed by atoms with Gasteiger partial charge in [-0.25, -0.2) is 4.79 Å². The van der Waals surface area contributed by atoms with Crippen molar-refractivity contribution in [3.05, 3.63) is 35.4 Å². The molecule has 0 aromatic heterocycles. The summed E-state index contributed by atoms with van der Waals surface area (Å²) >= 11 is 1.90. The molecule has 0 aliphatic rings. The van der Waals surface area contributed by atoms with Gasteiger partial charge in [-0.1, -0.05) is 19.4 Å². The molecule has 0 amide bonds. The van der Waals surface area contributed by atoms with Crippen molar-refractivity contribution < 1.29 is 14.6 Å². The molecule has 0 saturated heterocycles. The number of ether oxygens (including phenoxy) is 1. The first-order valence-electron chi connectivity index (χ1n) is 6.33. The van der Waals surface area contributed by atoms with Crippen molar-refractivity contribution in [2.75, 3.05) is 12.9 Å². The van der Waals surface area contributed by atoms with Crippen molar-refractivity contribution in [2.45, 2.75) is 25.5 Å². The van der Waals surface area contributed by atoms with E-state index < -0.39 is 5.97 Å². The number of unbranched alkanes of at least 4 members (excludes halogenated alkanes) is 1. The molecule has 0 spiro atoms. The number of carboxylic acids is 1. The van der Waals surface area contributed by atoms with Gasteiger partial charge in [0.1, 0.15) is 5.75 Å². The quantitative estimate of drug-likeness (QED) is 0.581. The summed E-state index contributed by atoms with van der Waals surface area (Å²) in [4.78, 5) is 10.6. The summed E-state index contributed by atoms with van der Waals surface area (Å²) in [6, 6.07) is 5.89. The first-order valence-corrected chi connectivity index (χ1v) is 7.48. The topological polar surface area (TPSA) is 46.5 Å². The van der Waals surface area contributed by atoms with E-state index in [1.807, 2.05) is 30.0 Å². The van der Waals surface area contributed by atoms with E-state index in [-0.39, 0.29) is 0 Å². The summed E-state index contributed by atoms with van der Waals surface area (Å²) in [7, 11) is 1.59. The van der Waals surface area contributed by atoms with Crippen LogP contribution >= 0.6 is 11.8 Å². The smallest absolute Gasteiger partial charge is 0.328 e. The molecule has 104 valence electrons. The fourth-order valence-corrected chi connectivity index (χ4v) is 2.65. The molecule has 1 aromatic rings. The third-order valence-electron chi connectivity index (χ3n) is 2.61. The molecule has 1 N–H and O–H groups in total. The molecule has 0 fully saturated rings. The van der Waals surface area contributed by atoms with Crippen LogP contribution in [-0.2, 0) is 10.5 Å². The molecular formula is C15H20O3S. The number of methoxy groups -OCH3 is 1. The monoisotopic (exact) mass is 280 g/mol. The highest BCUT2D eigenvalue weighted by molar-refractivity contribution is 7.98. The van der Waals surface area contributed by atoms with Crippen molar-refractivity contribution in [1.29, 1.82) is 0 Å². The molecule has 0 unspecified atom stereocenters. The van der Waals surface area contributed by atoms with Crippen LogP contribution in [-0.4, -0.2) is 23.9 Å². The van der Waals surface area contributed by atoms with Gasteiger partial charge >= 0.3 is 5.97 Å². The Kier molecular flexibility index (Phi) is 7.11. The highest BCUT2D eigenvalue weighted by Gasteiger charge is 2.02. The van der Waals surface area contributed by atoms with Gasteiger partial charge in [-0.15, -0.1) is 0 Å². The average Bonchev–Trinajstić information content (AvgIpc) is 2.41. The molecule has 1 rings (SSSR count). The van der Waals surface area contributed by atoms with E-state index in [9.17, 15) is 4.79 Å². The van der Waals surface area contributed by atoms with Crippen LogP contribution < -0.4 is 4.74 Å². The predicted octanol–water partition coefficient (Wildman–Crippen LogP) is 3.83. The second-order valence-electron chi connectivity index (χ2n) is 4.15. The lowest BCUT2D eigenvalue weighted by Gasteiger charge is -2.08. The fourth-order valence-electron chi connectivity index (χ4n) is 1.60. The first-order chi connectivity index (χ1) is 9.17. The van der Waals surface area contributed by atoms with Gasteiger partial charge in [0, 0.05) is 17.4 Å². The van der Waals surface area contributed by atoms with Gasteiger partial charge in [0.25, 0.3) is 0 Å². The molecule has 0 heterocycles. The number of hydrogen-bond donors (Lipinski definition) is 1. The number of hydrogen-bond acceptors (Lipinski definition) is 3. The third-order valence-corrected chi connectivity index (χ3v) is 3.73. The number of thioether (sulfide) groups is 1. The first kappa shape index (κ1) is 15.6. The Balaban J connectivity index is 2.74. The molecule has 1 aromatic carbocycles. The zero-order chi connectivity index (χ0) is 14.1. The zero-order valence-electron chi connectivity index (χ0n) is 11.4. The normalized spacial score (nSPS) is 10.8. The minimum Gasteiger partial charge on any atom is -0.496 e. The molecule has 3 nitrogen and oxygen atoms in total. The van der Waals surface area contributed by atoms with E-state index in [0.29, 0.717) is 5.75 Å². The number of aliphatic carboxylic acids is 1. The van der Waals surface area contributed by atoms with Crippen molar-refractivity contribution in [1.82, 2.24) is 0 Å². The average molecular weight is 280 g/mol. The summed E-state index contributed by atoms with van der Waals surface area (Å²) in [5, 5.41) is 8.68. The Morgan fingerprint density at radius 3 is 2.89 bits per heavy atom. The second-order valence-corrected chi connectivity index (χ2v) is 5.26. The van der Waals surface area contributed by atoms with E-state index >= 15 is 0 Å². The Morgan fingerprint density at radius 1 is 1.47 bits per heavy atom. The molecule has 0 radical (unpaired) electrons. The Morgan fingerprint density at radius 2 is 2.26 bits per heavy atom.